The van der Waals surface area contributed by atoms with Gasteiger partial charge in [-0.2, -0.15) is 5.26 Å². The number of hydrogen-bond donors (Lipinski definition) is 1. The van der Waals surface area contributed by atoms with Crippen LogP contribution >= 0.6 is 0 Å². The number of nitrogens with zero attached hydrogens (tertiary/aromatic N) is 1. The zero-order valence-electron chi connectivity index (χ0n) is 9.97. The molecule has 88 valence electrons. The van der Waals surface area contributed by atoms with Gasteiger partial charge < -0.3 is 10.2 Å². The summed E-state index contributed by atoms with van der Waals surface area (Å²) < 4.78 is 18.8. The maximum atomic E-state index is 13.6. The van der Waals surface area contributed by atoms with Crippen LogP contribution in [-0.4, -0.2) is 0 Å². The molecular weight excluding hydrogens is 219 g/mol. The largest absolute Gasteiger partial charge is 0.436 e. The Balaban J connectivity index is 2.98. The number of nitriles is 1. The number of rotatable bonds is 0. The van der Waals surface area contributed by atoms with E-state index < -0.39 is 5.82 Å². The monoisotopic (exact) mass is 232 g/mol. The Hall–Kier alpha value is -2.02. The maximum Gasteiger partial charge on any atom is 0.209 e. The Morgan fingerprint density at radius 1 is 1.35 bits per heavy atom. The molecule has 0 aliphatic rings. The lowest BCUT2D eigenvalue weighted by atomic mass is 9.84. The summed E-state index contributed by atoms with van der Waals surface area (Å²) in [6.07, 6.45) is 0. The fourth-order valence-electron chi connectivity index (χ4n) is 1.93. The van der Waals surface area contributed by atoms with Gasteiger partial charge in [0.2, 0.25) is 5.88 Å². The van der Waals surface area contributed by atoms with E-state index in [0.29, 0.717) is 5.39 Å². The summed E-state index contributed by atoms with van der Waals surface area (Å²) in [6.45, 7) is 5.97. The van der Waals surface area contributed by atoms with Gasteiger partial charge >= 0.3 is 0 Å². The Kier molecular flexibility index (Phi) is 2.35. The van der Waals surface area contributed by atoms with Crippen molar-refractivity contribution in [2.75, 3.05) is 5.73 Å². The number of nitrogen functional groups attached to an aromatic ring is 1. The second-order valence-electron chi connectivity index (χ2n) is 5.00. The van der Waals surface area contributed by atoms with Crippen LogP contribution in [0.15, 0.2) is 16.5 Å². The van der Waals surface area contributed by atoms with Crippen molar-refractivity contribution in [2.45, 2.75) is 26.2 Å². The molecule has 1 heterocycles. The molecule has 0 amide bonds. The molecule has 0 saturated heterocycles. The molecule has 0 saturated carbocycles. The Morgan fingerprint density at radius 2 is 2.00 bits per heavy atom. The highest BCUT2D eigenvalue weighted by atomic mass is 19.1. The van der Waals surface area contributed by atoms with Crippen molar-refractivity contribution >= 4 is 16.9 Å². The van der Waals surface area contributed by atoms with E-state index in [4.69, 9.17) is 15.4 Å². The average Bonchev–Trinajstić information content (AvgIpc) is 2.54. The van der Waals surface area contributed by atoms with Gasteiger partial charge in [0, 0.05) is 5.39 Å². The zero-order chi connectivity index (χ0) is 12.8. The molecule has 17 heavy (non-hydrogen) atoms. The number of benzene rings is 1. The average molecular weight is 232 g/mol. The second-order valence-corrected chi connectivity index (χ2v) is 5.00. The molecule has 1 aromatic carbocycles. The van der Waals surface area contributed by atoms with Crippen LogP contribution in [0.4, 0.5) is 10.3 Å². The highest BCUT2D eigenvalue weighted by Crippen LogP contribution is 2.37. The van der Waals surface area contributed by atoms with E-state index in [9.17, 15) is 4.39 Å². The normalized spacial score (nSPS) is 11.7. The molecular formula is C13H13FN2O. The van der Waals surface area contributed by atoms with E-state index in [1.54, 1.807) is 6.07 Å². The third kappa shape index (κ3) is 1.64. The number of anilines is 1. The van der Waals surface area contributed by atoms with Gasteiger partial charge in [0.05, 0.1) is 0 Å². The molecule has 2 aromatic rings. The first kappa shape index (κ1) is 11.5. The van der Waals surface area contributed by atoms with Gasteiger partial charge in [0.15, 0.2) is 11.4 Å². The second kappa shape index (κ2) is 3.49. The third-order valence-electron chi connectivity index (χ3n) is 2.74. The molecule has 0 spiro atoms. The van der Waals surface area contributed by atoms with Crippen LogP contribution in [0.1, 0.15) is 31.9 Å². The quantitative estimate of drug-likeness (QED) is 0.757. The Bertz CT molecular complexity index is 629. The SMILES string of the molecule is CC(C)(C)c1ccc(F)c2oc(N)c(C#N)c12. The van der Waals surface area contributed by atoms with Crippen LogP contribution < -0.4 is 5.73 Å². The van der Waals surface area contributed by atoms with Crippen LogP contribution in [0.3, 0.4) is 0 Å². The maximum absolute atomic E-state index is 13.6. The van der Waals surface area contributed by atoms with Crippen LogP contribution in [-0.2, 0) is 5.41 Å². The highest BCUT2D eigenvalue weighted by molar-refractivity contribution is 5.92. The number of nitrogens with two attached hydrogens (primary N) is 1. The summed E-state index contributed by atoms with van der Waals surface area (Å²) in [5, 5.41) is 9.56. The van der Waals surface area contributed by atoms with Gasteiger partial charge in [-0.3, -0.25) is 0 Å². The van der Waals surface area contributed by atoms with Crippen molar-refractivity contribution in [2.24, 2.45) is 0 Å². The number of fused-ring (bicyclic) bond motifs is 1. The fraction of sp³-hybridized carbons (Fsp3) is 0.308. The molecule has 0 radical (unpaired) electrons. The topological polar surface area (TPSA) is 62.9 Å². The molecule has 0 unspecified atom stereocenters. The van der Waals surface area contributed by atoms with Gasteiger partial charge in [0.1, 0.15) is 11.6 Å². The van der Waals surface area contributed by atoms with Crippen LogP contribution in [0.5, 0.6) is 0 Å². The third-order valence-corrected chi connectivity index (χ3v) is 2.74. The summed E-state index contributed by atoms with van der Waals surface area (Å²) in [4.78, 5) is 0. The first-order valence-electron chi connectivity index (χ1n) is 5.27. The summed E-state index contributed by atoms with van der Waals surface area (Å²) >= 11 is 0. The van der Waals surface area contributed by atoms with Gasteiger partial charge in [-0.05, 0) is 17.0 Å². The van der Waals surface area contributed by atoms with E-state index in [1.807, 2.05) is 26.8 Å². The molecule has 0 bridgehead atoms. The van der Waals surface area contributed by atoms with Crippen LogP contribution in [0.2, 0.25) is 0 Å². The molecule has 0 atom stereocenters. The van der Waals surface area contributed by atoms with Crippen molar-refractivity contribution in [3.05, 3.63) is 29.1 Å². The van der Waals surface area contributed by atoms with E-state index in [2.05, 4.69) is 0 Å². The lowest BCUT2D eigenvalue weighted by molar-refractivity contribution is 0.564. The first-order valence-corrected chi connectivity index (χ1v) is 5.27. The van der Waals surface area contributed by atoms with Crippen molar-refractivity contribution in [3.63, 3.8) is 0 Å². The first-order chi connectivity index (χ1) is 7.86. The van der Waals surface area contributed by atoms with Crippen molar-refractivity contribution in [1.29, 1.82) is 5.26 Å². The lowest BCUT2D eigenvalue weighted by Crippen LogP contribution is -2.12. The van der Waals surface area contributed by atoms with Gasteiger partial charge in [-0.1, -0.05) is 26.8 Å². The zero-order valence-corrected chi connectivity index (χ0v) is 9.97. The number of furan rings is 1. The molecule has 4 heteroatoms. The number of halogens is 1. The van der Waals surface area contributed by atoms with E-state index >= 15 is 0 Å². The Labute approximate surface area is 98.6 Å². The fourth-order valence-corrected chi connectivity index (χ4v) is 1.93. The minimum absolute atomic E-state index is 0.0295. The molecule has 0 aliphatic heterocycles. The molecule has 2 N–H and O–H groups in total. The van der Waals surface area contributed by atoms with E-state index in [1.165, 1.54) is 6.07 Å². The number of hydrogen-bond acceptors (Lipinski definition) is 3. The lowest BCUT2D eigenvalue weighted by Gasteiger charge is -2.19. The van der Waals surface area contributed by atoms with Crippen LogP contribution in [0.25, 0.3) is 11.0 Å². The summed E-state index contributed by atoms with van der Waals surface area (Å²) in [6, 6.07) is 4.99. The summed E-state index contributed by atoms with van der Waals surface area (Å²) in [5.41, 5.74) is 6.50. The predicted octanol–water partition coefficient (Wildman–Crippen LogP) is 3.32. The van der Waals surface area contributed by atoms with E-state index in [0.717, 1.165) is 5.56 Å². The van der Waals surface area contributed by atoms with E-state index in [-0.39, 0.29) is 22.4 Å². The molecule has 0 aliphatic carbocycles. The molecule has 0 fully saturated rings. The van der Waals surface area contributed by atoms with Crippen molar-refractivity contribution in [3.8, 4) is 6.07 Å². The molecule has 2 rings (SSSR count). The van der Waals surface area contributed by atoms with Gasteiger partial charge in [-0.25, -0.2) is 4.39 Å². The minimum Gasteiger partial charge on any atom is -0.436 e. The predicted molar refractivity (Wildman–Crippen MR) is 64.0 cm³/mol. The summed E-state index contributed by atoms with van der Waals surface area (Å²) in [7, 11) is 0. The van der Waals surface area contributed by atoms with Gasteiger partial charge in [-0.15, -0.1) is 0 Å². The van der Waals surface area contributed by atoms with Crippen LogP contribution in [0, 0.1) is 17.1 Å². The van der Waals surface area contributed by atoms with Crippen molar-refractivity contribution in [1.82, 2.24) is 0 Å². The highest BCUT2D eigenvalue weighted by Gasteiger charge is 2.24. The summed E-state index contributed by atoms with van der Waals surface area (Å²) in [5.74, 6) is -0.528. The standard InChI is InChI=1S/C13H13FN2O/c1-13(2,3)8-4-5-9(14)11-10(8)7(6-15)12(16)17-11/h4-5H,16H2,1-3H3. The molecule has 3 nitrogen and oxygen atoms in total. The van der Waals surface area contributed by atoms with Crippen molar-refractivity contribution < 1.29 is 8.81 Å². The molecule has 1 aromatic heterocycles. The minimum atomic E-state index is -0.499. The Morgan fingerprint density at radius 3 is 2.53 bits per heavy atom. The van der Waals surface area contributed by atoms with Gasteiger partial charge in [0.25, 0.3) is 0 Å². The smallest absolute Gasteiger partial charge is 0.209 e.